The summed E-state index contributed by atoms with van der Waals surface area (Å²) >= 11 is 0. The van der Waals surface area contributed by atoms with Gasteiger partial charge in [0.05, 0.1) is 11.8 Å². The van der Waals surface area contributed by atoms with Crippen molar-refractivity contribution in [1.29, 1.82) is 0 Å². The molecule has 1 aromatic heterocycles. The van der Waals surface area contributed by atoms with Crippen molar-refractivity contribution in [2.45, 2.75) is 58.4 Å². The van der Waals surface area contributed by atoms with Gasteiger partial charge in [-0.15, -0.1) is 0 Å². The maximum atomic E-state index is 12.5. The van der Waals surface area contributed by atoms with E-state index >= 15 is 0 Å². The summed E-state index contributed by atoms with van der Waals surface area (Å²) in [6, 6.07) is 0.271. The molecule has 21 heavy (non-hydrogen) atoms. The van der Waals surface area contributed by atoms with Crippen molar-refractivity contribution >= 4 is 5.91 Å². The summed E-state index contributed by atoms with van der Waals surface area (Å²) in [6.07, 6.45) is 9.94. The number of H-pyrrole nitrogens is 1. The minimum absolute atomic E-state index is 0.0319. The van der Waals surface area contributed by atoms with Crippen molar-refractivity contribution in [2.75, 3.05) is 0 Å². The van der Waals surface area contributed by atoms with Crippen molar-refractivity contribution in [2.24, 2.45) is 23.2 Å². The van der Waals surface area contributed by atoms with E-state index in [1.165, 1.54) is 38.5 Å². The first-order valence-corrected chi connectivity index (χ1v) is 8.36. The minimum atomic E-state index is 0.0319. The molecule has 4 heteroatoms. The summed E-state index contributed by atoms with van der Waals surface area (Å²) in [5, 5.41) is 10.1. The van der Waals surface area contributed by atoms with Crippen LogP contribution in [0.3, 0.4) is 0 Å². The molecule has 0 saturated heterocycles. The van der Waals surface area contributed by atoms with Crippen LogP contribution >= 0.6 is 0 Å². The second-order valence-corrected chi connectivity index (χ2v) is 7.88. The summed E-state index contributed by atoms with van der Waals surface area (Å²) in [5.41, 5.74) is 1.90. The number of nitrogens with zero attached hydrogens (tertiary/aromatic N) is 1. The predicted octanol–water partition coefficient (Wildman–Crippen LogP) is 3.05. The molecule has 0 spiro atoms. The van der Waals surface area contributed by atoms with Crippen LogP contribution < -0.4 is 5.32 Å². The topological polar surface area (TPSA) is 57.8 Å². The first kappa shape index (κ1) is 13.4. The van der Waals surface area contributed by atoms with Gasteiger partial charge in [0.25, 0.3) is 5.91 Å². The Morgan fingerprint density at radius 1 is 1.29 bits per heavy atom. The minimum Gasteiger partial charge on any atom is -0.349 e. The van der Waals surface area contributed by atoms with E-state index in [4.69, 9.17) is 0 Å². The third-order valence-electron chi connectivity index (χ3n) is 6.43. The van der Waals surface area contributed by atoms with Crippen molar-refractivity contribution in [1.82, 2.24) is 15.5 Å². The lowest BCUT2D eigenvalue weighted by atomic mass is 9.48. The maximum absolute atomic E-state index is 12.5. The van der Waals surface area contributed by atoms with E-state index in [1.807, 2.05) is 6.92 Å². The van der Waals surface area contributed by atoms with Gasteiger partial charge in [-0.25, -0.2) is 0 Å². The highest BCUT2D eigenvalue weighted by Gasteiger charge is 2.53. The second kappa shape index (κ2) is 4.59. The van der Waals surface area contributed by atoms with Gasteiger partial charge in [-0.05, 0) is 75.5 Å². The van der Waals surface area contributed by atoms with Crippen molar-refractivity contribution in [3.63, 3.8) is 0 Å². The van der Waals surface area contributed by atoms with Crippen LogP contribution in [-0.4, -0.2) is 22.1 Å². The van der Waals surface area contributed by atoms with Crippen LogP contribution in [0.25, 0.3) is 0 Å². The van der Waals surface area contributed by atoms with Gasteiger partial charge in [0.15, 0.2) is 0 Å². The number of aromatic nitrogens is 2. The third-order valence-corrected chi connectivity index (χ3v) is 6.43. The summed E-state index contributed by atoms with van der Waals surface area (Å²) < 4.78 is 0. The molecule has 1 unspecified atom stereocenters. The van der Waals surface area contributed by atoms with Crippen molar-refractivity contribution in [3.05, 3.63) is 17.5 Å². The van der Waals surface area contributed by atoms with Gasteiger partial charge in [0.1, 0.15) is 0 Å². The molecule has 4 bridgehead atoms. The summed E-state index contributed by atoms with van der Waals surface area (Å²) in [6.45, 7) is 4.12. The number of amides is 1. The Morgan fingerprint density at radius 3 is 2.33 bits per heavy atom. The third kappa shape index (κ3) is 2.11. The van der Waals surface area contributed by atoms with Crippen LogP contribution in [0.4, 0.5) is 0 Å². The molecule has 0 aromatic carbocycles. The predicted molar refractivity (Wildman–Crippen MR) is 80.9 cm³/mol. The molecule has 4 aliphatic carbocycles. The molecule has 4 fully saturated rings. The van der Waals surface area contributed by atoms with Gasteiger partial charge in [0, 0.05) is 11.7 Å². The van der Waals surface area contributed by atoms with Crippen LogP contribution in [0.1, 0.15) is 61.5 Å². The number of hydrogen-bond donors (Lipinski definition) is 2. The normalized spacial score (nSPS) is 38.5. The number of carbonyl (C=O) groups is 1. The molecule has 4 nitrogen and oxygen atoms in total. The molecular formula is C17H25N3O. The molecule has 0 aliphatic heterocycles. The van der Waals surface area contributed by atoms with Crippen LogP contribution in [0.15, 0.2) is 6.20 Å². The van der Waals surface area contributed by atoms with Gasteiger partial charge < -0.3 is 5.32 Å². The molecule has 1 amide bonds. The van der Waals surface area contributed by atoms with E-state index < -0.39 is 0 Å². The first-order valence-electron chi connectivity index (χ1n) is 8.36. The lowest BCUT2D eigenvalue weighted by Crippen LogP contribution is -2.55. The van der Waals surface area contributed by atoms with E-state index in [-0.39, 0.29) is 11.9 Å². The smallest absolute Gasteiger partial charge is 0.254 e. The molecule has 1 aromatic rings. The fourth-order valence-corrected chi connectivity index (χ4v) is 5.72. The Bertz CT molecular complexity index is 527. The Morgan fingerprint density at radius 2 is 1.86 bits per heavy atom. The van der Waals surface area contributed by atoms with Gasteiger partial charge in [-0.2, -0.15) is 5.10 Å². The zero-order valence-electron chi connectivity index (χ0n) is 13.0. The Labute approximate surface area is 126 Å². The first-order chi connectivity index (χ1) is 10.1. The molecule has 5 rings (SSSR count). The van der Waals surface area contributed by atoms with Gasteiger partial charge in [0.2, 0.25) is 0 Å². The summed E-state index contributed by atoms with van der Waals surface area (Å²) in [4.78, 5) is 12.5. The molecule has 1 heterocycles. The van der Waals surface area contributed by atoms with Crippen LogP contribution in [-0.2, 0) is 0 Å². The number of aromatic amines is 1. The van der Waals surface area contributed by atoms with Crippen LogP contribution in [0.2, 0.25) is 0 Å². The lowest BCUT2D eigenvalue weighted by molar-refractivity contribution is -0.0688. The average molecular weight is 287 g/mol. The second-order valence-electron chi connectivity index (χ2n) is 7.88. The SMILES string of the molecule is Cc1[nH]ncc1C(=O)NC(C)C12CC3CC(CC(C3)C1)C2. The van der Waals surface area contributed by atoms with Crippen molar-refractivity contribution in [3.8, 4) is 0 Å². The van der Waals surface area contributed by atoms with Crippen LogP contribution in [0.5, 0.6) is 0 Å². The van der Waals surface area contributed by atoms with Gasteiger partial charge in [-0.1, -0.05) is 0 Å². The van der Waals surface area contributed by atoms with Crippen LogP contribution in [0, 0.1) is 30.1 Å². The zero-order valence-corrected chi connectivity index (χ0v) is 13.0. The standard InChI is InChI=1S/C17H25N3O/c1-10-15(9-18-20-10)16(21)19-11(2)17-6-12-3-13(7-17)5-14(4-12)8-17/h9,11-14H,3-8H2,1-2H3,(H,18,20)(H,19,21). The largest absolute Gasteiger partial charge is 0.349 e. The monoisotopic (exact) mass is 287 g/mol. The van der Waals surface area contributed by atoms with Gasteiger partial charge in [-0.3, -0.25) is 9.89 Å². The summed E-state index contributed by atoms with van der Waals surface area (Å²) in [7, 11) is 0. The summed E-state index contributed by atoms with van der Waals surface area (Å²) in [5.74, 6) is 2.80. The average Bonchev–Trinajstić information content (AvgIpc) is 2.83. The van der Waals surface area contributed by atoms with E-state index in [0.29, 0.717) is 11.0 Å². The molecule has 114 valence electrons. The maximum Gasteiger partial charge on any atom is 0.254 e. The van der Waals surface area contributed by atoms with E-state index in [0.717, 1.165) is 23.4 Å². The number of carbonyl (C=O) groups excluding carboxylic acids is 1. The van der Waals surface area contributed by atoms with Gasteiger partial charge >= 0.3 is 0 Å². The number of nitrogens with one attached hydrogen (secondary N) is 2. The highest BCUT2D eigenvalue weighted by atomic mass is 16.1. The van der Waals surface area contributed by atoms with E-state index in [1.54, 1.807) is 6.20 Å². The molecular weight excluding hydrogens is 262 g/mol. The molecule has 2 N–H and O–H groups in total. The Kier molecular flexibility index (Phi) is 2.92. The molecule has 4 saturated carbocycles. The molecule has 0 radical (unpaired) electrons. The lowest BCUT2D eigenvalue weighted by Gasteiger charge is -2.59. The van der Waals surface area contributed by atoms with Crippen molar-refractivity contribution < 1.29 is 4.79 Å². The molecule has 1 atom stereocenters. The fourth-order valence-electron chi connectivity index (χ4n) is 5.72. The molecule has 4 aliphatic rings. The Balaban J connectivity index is 1.51. The number of rotatable bonds is 3. The number of aryl methyl sites for hydroxylation is 1. The quantitative estimate of drug-likeness (QED) is 0.897. The van der Waals surface area contributed by atoms with E-state index in [2.05, 4.69) is 22.4 Å². The van der Waals surface area contributed by atoms with E-state index in [9.17, 15) is 4.79 Å². The number of hydrogen-bond acceptors (Lipinski definition) is 2. The Hall–Kier alpha value is -1.32. The highest BCUT2D eigenvalue weighted by molar-refractivity contribution is 5.95. The highest BCUT2D eigenvalue weighted by Crippen LogP contribution is 2.61. The zero-order chi connectivity index (χ0) is 14.6. The fraction of sp³-hybridized carbons (Fsp3) is 0.765.